The summed E-state index contributed by atoms with van der Waals surface area (Å²) in [5.74, 6) is 0.0746. The Labute approximate surface area is 165 Å². The second-order valence-electron chi connectivity index (χ2n) is 6.16. The van der Waals surface area contributed by atoms with Gasteiger partial charge in [0.25, 0.3) is 0 Å². The Balaban J connectivity index is 1.36. The molecular weight excluding hydrogens is 422 g/mol. The molecular formula is C18H21BrClN3OS. The molecule has 25 heavy (non-hydrogen) atoms. The highest BCUT2D eigenvalue weighted by molar-refractivity contribution is 9.11. The first-order valence-electron chi connectivity index (χ1n) is 8.28. The minimum absolute atomic E-state index is 0.0746. The van der Waals surface area contributed by atoms with E-state index in [-0.39, 0.29) is 5.91 Å². The van der Waals surface area contributed by atoms with Crippen molar-refractivity contribution in [1.29, 1.82) is 0 Å². The van der Waals surface area contributed by atoms with Crippen LogP contribution in [0.15, 0.2) is 40.2 Å². The van der Waals surface area contributed by atoms with Crippen molar-refractivity contribution in [2.75, 3.05) is 32.7 Å². The average Bonchev–Trinajstić information content (AvgIpc) is 3.01. The summed E-state index contributed by atoms with van der Waals surface area (Å²) in [6.45, 7) is 5.86. The van der Waals surface area contributed by atoms with Crippen LogP contribution >= 0.6 is 38.9 Å². The zero-order valence-electron chi connectivity index (χ0n) is 13.9. The molecule has 2 heterocycles. The van der Waals surface area contributed by atoms with Crippen LogP contribution in [-0.2, 0) is 17.9 Å². The maximum Gasteiger partial charge on any atom is 0.234 e. The van der Waals surface area contributed by atoms with E-state index in [4.69, 9.17) is 11.6 Å². The summed E-state index contributed by atoms with van der Waals surface area (Å²) in [5, 5.41) is 3.69. The van der Waals surface area contributed by atoms with E-state index in [0.29, 0.717) is 18.1 Å². The predicted molar refractivity (Wildman–Crippen MR) is 107 cm³/mol. The smallest absolute Gasteiger partial charge is 0.234 e. The van der Waals surface area contributed by atoms with Gasteiger partial charge >= 0.3 is 0 Å². The number of hydrogen-bond donors (Lipinski definition) is 1. The molecule has 0 spiro atoms. The average molecular weight is 443 g/mol. The van der Waals surface area contributed by atoms with E-state index >= 15 is 0 Å². The van der Waals surface area contributed by atoms with Crippen molar-refractivity contribution in [3.05, 3.63) is 55.6 Å². The van der Waals surface area contributed by atoms with Crippen molar-refractivity contribution in [3.63, 3.8) is 0 Å². The first-order valence-corrected chi connectivity index (χ1v) is 10.3. The maximum atomic E-state index is 12.1. The Hall–Kier alpha value is -0.920. The van der Waals surface area contributed by atoms with Crippen LogP contribution in [0.3, 0.4) is 0 Å². The molecule has 1 amide bonds. The fraction of sp³-hybridized carbons (Fsp3) is 0.389. The molecule has 7 heteroatoms. The lowest BCUT2D eigenvalue weighted by Crippen LogP contribution is -2.48. The molecule has 1 aliphatic heterocycles. The molecule has 0 radical (unpaired) electrons. The highest BCUT2D eigenvalue weighted by Crippen LogP contribution is 2.23. The van der Waals surface area contributed by atoms with Crippen molar-refractivity contribution in [3.8, 4) is 0 Å². The van der Waals surface area contributed by atoms with Gasteiger partial charge in [-0.1, -0.05) is 23.7 Å². The molecule has 1 aromatic carbocycles. The van der Waals surface area contributed by atoms with Crippen LogP contribution in [0, 0.1) is 0 Å². The highest BCUT2D eigenvalue weighted by atomic mass is 79.9. The van der Waals surface area contributed by atoms with Crippen LogP contribution in [0.25, 0.3) is 0 Å². The molecule has 0 aliphatic carbocycles. The van der Waals surface area contributed by atoms with Crippen LogP contribution < -0.4 is 5.32 Å². The van der Waals surface area contributed by atoms with Gasteiger partial charge in [-0.15, -0.1) is 11.3 Å². The third-order valence-electron chi connectivity index (χ3n) is 4.24. The SMILES string of the molecule is O=C(CN1CCN(Cc2ccc(Br)s2)CC1)NCc1ccc(Cl)cc1. The summed E-state index contributed by atoms with van der Waals surface area (Å²) in [6, 6.07) is 11.8. The van der Waals surface area contributed by atoms with Gasteiger partial charge in [-0.2, -0.15) is 0 Å². The van der Waals surface area contributed by atoms with Gasteiger partial charge in [0.1, 0.15) is 0 Å². The van der Waals surface area contributed by atoms with Crippen LogP contribution in [0.2, 0.25) is 5.02 Å². The van der Waals surface area contributed by atoms with E-state index in [1.54, 1.807) is 11.3 Å². The van der Waals surface area contributed by atoms with Crippen LogP contribution in [0.4, 0.5) is 0 Å². The van der Waals surface area contributed by atoms with Gasteiger partial charge in [0.2, 0.25) is 5.91 Å². The van der Waals surface area contributed by atoms with E-state index < -0.39 is 0 Å². The standard InChI is InChI=1S/C18H21BrClN3OS/c19-17-6-5-16(25-17)12-22-7-9-23(10-8-22)13-18(24)21-11-14-1-3-15(20)4-2-14/h1-6H,7-13H2,(H,21,24). The van der Waals surface area contributed by atoms with Crippen LogP contribution in [-0.4, -0.2) is 48.4 Å². The van der Waals surface area contributed by atoms with E-state index in [0.717, 1.165) is 38.3 Å². The number of halogens is 2. The molecule has 1 aliphatic rings. The Kier molecular flexibility index (Phi) is 6.90. The number of nitrogens with one attached hydrogen (secondary N) is 1. The first kappa shape index (κ1) is 18.9. The normalized spacial score (nSPS) is 16.1. The van der Waals surface area contributed by atoms with Crippen molar-refractivity contribution in [2.24, 2.45) is 0 Å². The first-order chi connectivity index (χ1) is 12.1. The number of benzene rings is 1. The van der Waals surface area contributed by atoms with Gasteiger partial charge in [0.15, 0.2) is 0 Å². The molecule has 2 aromatic rings. The zero-order chi connectivity index (χ0) is 17.6. The fourth-order valence-corrected chi connectivity index (χ4v) is 4.48. The summed E-state index contributed by atoms with van der Waals surface area (Å²) in [5.41, 5.74) is 1.06. The second kappa shape index (κ2) is 9.14. The largest absolute Gasteiger partial charge is 0.351 e. The number of rotatable bonds is 6. The van der Waals surface area contributed by atoms with E-state index in [1.165, 1.54) is 8.66 Å². The van der Waals surface area contributed by atoms with Crippen molar-refractivity contribution >= 4 is 44.8 Å². The highest BCUT2D eigenvalue weighted by Gasteiger charge is 2.19. The number of nitrogens with zero attached hydrogens (tertiary/aromatic N) is 2. The van der Waals surface area contributed by atoms with Crippen LogP contribution in [0.5, 0.6) is 0 Å². The van der Waals surface area contributed by atoms with Gasteiger partial charge in [0.05, 0.1) is 10.3 Å². The Morgan fingerprint density at radius 1 is 1.08 bits per heavy atom. The van der Waals surface area contributed by atoms with Gasteiger partial charge in [-0.25, -0.2) is 0 Å². The van der Waals surface area contributed by atoms with E-state index in [9.17, 15) is 4.79 Å². The topological polar surface area (TPSA) is 35.6 Å². The molecule has 0 saturated carbocycles. The van der Waals surface area contributed by atoms with E-state index in [2.05, 4.69) is 43.2 Å². The monoisotopic (exact) mass is 441 g/mol. The Morgan fingerprint density at radius 2 is 1.76 bits per heavy atom. The molecule has 1 aromatic heterocycles. The lowest BCUT2D eigenvalue weighted by atomic mass is 10.2. The number of thiophene rings is 1. The third kappa shape index (κ3) is 6.08. The minimum atomic E-state index is 0.0746. The number of amides is 1. The van der Waals surface area contributed by atoms with Gasteiger partial charge < -0.3 is 5.32 Å². The van der Waals surface area contributed by atoms with Crippen LogP contribution in [0.1, 0.15) is 10.4 Å². The molecule has 134 valence electrons. The summed E-state index contributed by atoms with van der Waals surface area (Å²) < 4.78 is 1.18. The second-order valence-corrected chi connectivity index (χ2v) is 9.15. The summed E-state index contributed by atoms with van der Waals surface area (Å²) in [6.07, 6.45) is 0. The molecule has 1 fully saturated rings. The minimum Gasteiger partial charge on any atom is -0.351 e. The van der Waals surface area contributed by atoms with Crippen molar-refractivity contribution < 1.29 is 4.79 Å². The molecule has 0 bridgehead atoms. The number of carbonyl (C=O) groups is 1. The Morgan fingerprint density at radius 3 is 2.40 bits per heavy atom. The quantitative estimate of drug-likeness (QED) is 0.742. The summed E-state index contributed by atoms with van der Waals surface area (Å²) >= 11 is 11.2. The predicted octanol–water partition coefficient (Wildman–Crippen LogP) is 3.60. The van der Waals surface area contributed by atoms with Gasteiger partial charge in [-0.05, 0) is 45.8 Å². The molecule has 3 rings (SSSR count). The third-order valence-corrected chi connectivity index (χ3v) is 6.10. The number of carbonyl (C=O) groups excluding carboxylic acids is 1. The van der Waals surface area contributed by atoms with Gasteiger partial charge in [0, 0.05) is 49.2 Å². The lowest BCUT2D eigenvalue weighted by Gasteiger charge is -2.34. The maximum absolute atomic E-state index is 12.1. The molecule has 4 nitrogen and oxygen atoms in total. The molecule has 0 atom stereocenters. The zero-order valence-corrected chi connectivity index (χ0v) is 17.0. The molecule has 1 saturated heterocycles. The number of hydrogen-bond acceptors (Lipinski definition) is 4. The van der Waals surface area contributed by atoms with Crippen molar-refractivity contribution in [1.82, 2.24) is 15.1 Å². The summed E-state index contributed by atoms with van der Waals surface area (Å²) in [4.78, 5) is 18.2. The fourth-order valence-electron chi connectivity index (χ4n) is 2.82. The lowest BCUT2D eigenvalue weighted by molar-refractivity contribution is -0.122. The number of piperazine rings is 1. The van der Waals surface area contributed by atoms with E-state index in [1.807, 2.05) is 24.3 Å². The Bertz CT molecular complexity index is 699. The van der Waals surface area contributed by atoms with Crippen molar-refractivity contribution in [2.45, 2.75) is 13.1 Å². The molecule has 1 N–H and O–H groups in total. The van der Waals surface area contributed by atoms with Gasteiger partial charge in [-0.3, -0.25) is 14.6 Å². The summed E-state index contributed by atoms with van der Waals surface area (Å²) in [7, 11) is 0. The molecule has 0 unspecified atom stereocenters.